The van der Waals surface area contributed by atoms with Crippen LogP contribution in [0.1, 0.15) is 46.0 Å². The van der Waals surface area contributed by atoms with Gasteiger partial charge in [0.1, 0.15) is 5.82 Å². The van der Waals surface area contributed by atoms with Crippen molar-refractivity contribution in [2.45, 2.75) is 38.9 Å². The van der Waals surface area contributed by atoms with Crippen LogP contribution in [0.25, 0.3) is 0 Å². The van der Waals surface area contributed by atoms with Crippen molar-refractivity contribution in [3.8, 4) is 0 Å². The van der Waals surface area contributed by atoms with Crippen LogP contribution >= 0.6 is 0 Å². The highest BCUT2D eigenvalue weighted by Gasteiger charge is 2.31. The van der Waals surface area contributed by atoms with Crippen LogP contribution in [-0.2, 0) is 26.1 Å². The summed E-state index contributed by atoms with van der Waals surface area (Å²) < 4.78 is 2.05. The largest absolute Gasteiger partial charge is 0.348 e. The number of carbonyl (C=O) groups excluding carboxylic acids is 1. The lowest BCUT2D eigenvalue weighted by atomic mass is 10.0. The molecule has 4 heterocycles. The molecule has 150 valence electrons. The lowest BCUT2D eigenvalue weighted by Crippen LogP contribution is -2.33. The molecule has 2 aliphatic heterocycles. The number of aromatic amines is 1. The van der Waals surface area contributed by atoms with Gasteiger partial charge in [-0.1, -0.05) is 30.3 Å². The molecule has 1 saturated heterocycles. The normalized spacial score (nSPS) is 16.9. The van der Waals surface area contributed by atoms with E-state index in [0.717, 1.165) is 63.4 Å². The van der Waals surface area contributed by atoms with Crippen LogP contribution in [-0.4, -0.2) is 55.1 Å². The van der Waals surface area contributed by atoms with Gasteiger partial charge < -0.3 is 9.88 Å². The third-order valence-electron chi connectivity index (χ3n) is 5.91. The fourth-order valence-electron chi connectivity index (χ4n) is 4.41. The first-order valence-corrected chi connectivity index (χ1v) is 10.4. The molecule has 1 fully saturated rings. The zero-order valence-corrected chi connectivity index (χ0v) is 16.5. The molecule has 1 N–H and O–H groups in total. The number of hydrogen-bond acceptors (Lipinski definition) is 4. The Kier molecular flexibility index (Phi) is 4.89. The topological polar surface area (TPSA) is 70.0 Å². The van der Waals surface area contributed by atoms with Crippen molar-refractivity contribution in [2.24, 2.45) is 0 Å². The summed E-state index contributed by atoms with van der Waals surface area (Å²) in [5.74, 6) is 1.04. The zero-order valence-electron chi connectivity index (χ0n) is 16.5. The van der Waals surface area contributed by atoms with Crippen LogP contribution in [0, 0.1) is 0 Å². The molecule has 0 spiro atoms. The number of fused-ring (bicyclic) bond motifs is 1. The maximum atomic E-state index is 13.2. The Morgan fingerprint density at radius 1 is 1.07 bits per heavy atom. The maximum Gasteiger partial charge on any atom is 0.274 e. The van der Waals surface area contributed by atoms with Gasteiger partial charge in [-0.25, -0.2) is 4.98 Å². The number of hydrogen-bond donors (Lipinski definition) is 1. The van der Waals surface area contributed by atoms with E-state index in [-0.39, 0.29) is 5.91 Å². The minimum atomic E-state index is 0.0883. The predicted molar refractivity (Wildman–Crippen MR) is 109 cm³/mol. The second-order valence-electron chi connectivity index (χ2n) is 7.91. The number of carbonyl (C=O) groups is 1. The predicted octanol–water partition coefficient (Wildman–Crippen LogP) is 2.45. The highest BCUT2D eigenvalue weighted by Crippen LogP contribution is 2.26. The molecular formula is C22H26N6O. The van der Waals surface area contributed by atoms with Crippen molar-refractivity contribution in [3.63, 3.8) is 0 Å². The van der Waals surface area contributed by atoms with E-state index in [4.69, 9.17) is 5.10 Å². The van der Waals surface area contributed by atoms with Gasteiger partial charge in [-0.3, -0.25) is 14.4 Å². The monoisotopic (exact) mass is 390 g/mol. The summed E-state index contributed by atoms with van der Waals surface area (Å²) in [6.07, 6.45) is 6.70. The lowest BCUT2D eigenvalue weighted by molar-refractivity contribution is 0.0783. The molecule has 5 rings (SSSR count). The van der Waals surface area contributed by atoms with Crippen LogP contribution in [0.15, 0.2) is 42.7 Å². The quantitative estimate of drug-likeness (QED) is 0.727. The Balaban J connectivity index is 1.46. The van der Waals surface area contributed by atoms with Gasteiger partial charge in [0.15, 0.2) is 5.69 Å². The summed E-state index contributed by atoms with van der Waals surface area (Å²) in [4.78, 5) is 25.1. The molecule has 0 unspecified atom stereocenters. The number of benzene rings is 1. The van der Waals surface area contributed by atoms with E-state index in [9.17, 15) is 4.79 Å². The van der Waals surface area contributed by atoms with Crippen molar-refractivity contribution in [3.05, 3.63) is 71.1 Å². The van der Waals surface area contributed by atoms with Crippen molar-refractivity contribution in [1.82, 2.24) is 29.5 Å². The van der Waals surface area contributed by atoms with E-state index >= 15 is 0 Å². The van der Waals surface area contributed by atoms with Gasteiger partial charge in [-0.2, -0.15) is 5.10 Å². The average molecular weight is 390 g/mol. The third-order valence-corrected chi connectivity index (χ3v) is 5.91. The molecule has 1 amide bonds. The van der Waals surface area contributed by atoms with Gasteiger partial charge in [0.05, 0.1) is 13.1 Å². The summed E-state index contributed by atoms with van der Waals surface area (Å²) in [7, 11) is 0. The van der Waals surface area contributed by atoms with Gasteiger partial charge in [0.2, 0.25) is 0 Å². The van der Waals surface area contributed by atoms with E-state index in [0.29, 0.717) is 12.2 Å². The second-order valence-corrected chi connectivity index (χ2v) is 7.91. The molecule has 3 aromatic rings. The standard InChI is InChI=1S/C22H26N6O/c29-22(27-11-4-5-12-27)21-18-15-26(16-20-23-9-10-24-20)13-8-19(18)28(25-21)14-17-6-2-1-3-7-17/h1-3,6-7,9-10H,4-5,8,11-16H2,(H,23,24). The van der Waals surface area contributed by atoms with E-state index in [1.54, 1.807) is 6.20 Å². The summed E-state index contributed by atoms with van der Waals surface area (Å²) >= 11 is 0. The van der Waals surface area contributed by atoms with E-state index in [1.165, 1.54) is 11.3 Å². The van der Waals surface area contributed by atoms with E-state index < -0.39 is 0 Å². The Hall–Kier alpha value is -2.93. The summed E-state index contributed by atoms with van der Waals surface area (Å²) in [6.45, 7) is 4.82. The highest BCUT2D eigenvalue weighted by atomic mass is 16.2. The molecule has 7 heteroatoms. The minimum Gasteiger partial charge on any atom is -0.348 e. The van der Waals surface area contributed by atoms with Crippen LogP contribution in [0.3, 0.4) is 0 Å². The molecule has 1 aromatic carbocycles. The molecule has 0 saturated carbocycles. The van der Waals surface area contributed by atoms with E-state index in [1.807, 2.05) is 29.3 Å². The summed E-state index contributed by atoms with van der Waals surface area (Å²) in [6, 6.07) is 10.3. The summed E-state index contributed by atoms with van der Waals surface area (Å²) in [5.41, 5.74) is 4.14. The molecule has 0 radical (unpaired) electrons. The average Bonchev–Trinajstić information content (AvgIpc) is 3.50. The van der Waals surface area contributed by atoms with Gasteiger partial charge in [0.25, 0.3) is 5.91 Å². The number of aromatic nitrogens is 4. The van der Waals surface area contributed by atoms with Crippen LogP contribution in [0.2, 0.25) is 0 Å². The number of nitrogens with zero attached hydrogens (tertiary/aromatic N) is 5. The van der Waals surface area contributed by atoms with Crippen molar-refractivity contribution < 1.29 is 4.79 Å². The van der Waals surface area contributed by atoms with Crippen molar-refractivity contribution >= 4 is 5.91 Å². The molecule has 7 nitrogen and oxygen atoms in total. The van der Waals surface area contributed by atoms with Crippen LogP contribution in [0.4, 0.5) is 0 Å². The minimum absolute atomic E-state index is 0.0883. The second kappa shape index (κ2) is 7.83. The first-order chi connectivity index (χ1) is 14.3. The Bertz CT molecular complexity index is 972. The molecule has 2 aromatic heterocycles. The first kappa shape index (κ1) is 18.1. The SMILES string of the molecule is O=C(c1nn(Cc2ccccc2)c2c1CN(Cc1ncc[nH]1)CC2)N1CCCC1. The van der Waals surface area contributed by atoms with Crippen LogP contribution < -0.4 is 0 Å². The molecular weight excluding hydrogens is 364 g/mol. The van der Waals surface area contributed by atoms with E-state index in [2.05, 4.69) is 31.7 Å². The number of amides is 1. The lowest BCUT2D eigenvalue weighted by Gasteiger charge is -2.27. The summed E-state index contributed by atoms with van der Waals surface area (Å²) in [5, 5.41) is 4.84. The zero-order chi connectivity index (χ0) is 19.6. The molecule has 2 aliphatic rings. The fraction of sp³-hybridized carbons (Fsp3) is 0.409. The third kappa shape index (κ3) is 3.70. The van der Waals surface area contributed by atoms with Crippen molar-refractivity contribution in [2.75, 3.05) is 19.6 Å². The number of H-pyrrole nitrogens is 1. The van der Waals surface area contributed by atoms with Crippen molar-refractivity contribution in [1.29, 1.82) is 0 Å². The first-order valence-electron chi connectivity index (χ1n) is 10.4. The smallest absolute Gasteiger partial charge is 0.274 e. The molecule has 0 atom stereocenters. The number of likely N-dealkylation sites (tertiary alicyclic amines) is 1. The van der Waals surface area contributed by atoms with Gasteiger partial charge in [-0.05, 0) is 18.4 Å². The van der Waals surface area contributed by atoms with Crippen LogP contribution in [0.5, 0.6) is 0 Å². The Morgan fingerprint density at radius 3 is 2.66 bits per heavy atom. The number of imidazole rings is 1. The van der Waals surface area contributed by atoms with Gasteiger partial charge >= 0.3 is 0 Å². The molecule has 29 heavy (non-hydrogen) atoms. The number of rotatable bonds is 5. The Morgan fingerprint density at radius 2 is 1.90 bits per heavy atom. The Labute approximate surface area is 170 Å². The maximum absolute atomic E-state index is 13.2. The van der Waals surface area contributed by atoms with Gasteiger partial charge in [-0.15, -0.1) is 0 Å². The highest BCUT2D eigenvalue weighted by molar-refractivity contribution is 5.94. The molecule has 0 aliphatic carbocycles. The number of nitrogens with one attached hydrogen (secondary N) is 1. The fourth-order valence-corrected chi connectivity index (χ4v) is 4.41. The molecule has 0 bridgehead atoms. The van der Waals surface area contributed by atoms with Gasteiger partial charge in [0, 0.05) is 56.3 Å².